The Morgan fingerprint density at radius 2 is 2.24 bits per heavy atom. The maximum Gasteiger partial charge on any atom is 0.324 e. The highest BCUT2D eigenvalue weighted by molar-refractivity contribution is 7.22. The molecule has 1 aromatic heterocycles. The van der Waals surface area contributed by atoms with E-state index < -0.39 is 6.10 Å². The second-order valence-corrected chi connectivity index (χ2v) is 7.12. The molecule has 1 aromatic carbocycles. The van der Waals surface area contributed by atoms with Crippen LogP contribution in [0.2, 0.25) is 0 Å². The Labute approximate surface area is 146 Å². The minimum absolute atomic E-state index is 0.127. The number of fused-ring (bicyclic) bond motifs is 4. The molecule has 2 aromatic rings. The smallest absolute Gasteiger partial charge is 0.324 e. The van der Waals surface area contributed by atoms with Gasteiger partial charge < -0.3 is 19.5 Å². The number of nitriles is 1. The molecule has 0 aliphatic carbocycles. The Hall–Kier alpha value is -2.57. The molecule has 2 saturated heterocycles. The number of carbonyl (C=O) groups excluding carboxylic acids is 1. The molecule has 0 radical (unpaired) electrons. The Balaban J connectivity index is 1.56. The van der Waals surface area contributed by atoms with Gasteiger partial charge in [-0.25, -0.2) is 9.78 Å². The van der Waals surface area contributed by atoms with Crippen molar-refractivity contribution in [2.24, 2.45) is 0 Å². The number of nitrogens with one attached hydrogen (secondary N) is 1. The van der Waals surface area contributed by atoms with Crippen LogP contribution < -0.4 is 19.7 Å². The van der Waals surface area contributed by atoms with Crippen molar-refractivity contribution in [2.75, 3.05) is 24.7 Å². The fourth-order valence-electron chi connectivity index (χ4n) is 3.49. The molecular formula is C16H14N4O4S. The van der Waals surface area contributed by atoms with Gasteiger partial charge in [-0.2, -0.15) is 5.26 Å². The molecule has 9 heteroatoms. The number of ether oxygens (including phenoxy) is 3. The van der Waals surface area contributed by atoms with Crippen LogP contribution >= 0.6 is 11.3 Å². The Bertz CT molecular complexity index is 907. The number of benzene rings is 1. The van der Waals surface area contributed by atoms with Gasteiger partial charge in [0.05, 0.1) is 29.5 Å². The van der Waals surface area contributed by atoms with Crippen LogP contribution in [0.5, 0.6) is 11.5 Å². The normalized spacial score (nSPS) is 27.7. The number of nitrogens with zero attached hydrogens (tertiary/aromatic N) is 3. The Morgan fingerprint density at radius 1 is 1.36 bits per heavy atom. The van der Waals surface area contributed by atoms with Gasteiger partial charge in [0.15, 0.2) is 16.6 Å². The van der Waals surface area contributed by atoms with E-state index >= 15 is 0 Å². The highest BCUT2D eigenvalue weighted by atomic mass is 32.1. The Kier molecular flexibility index (Phi) is 3.23. The first-order valence-electron chi connectivity index (χ1n) is 8.04. The number of rotatable bonds is 1. The summed E-state index contributed by atoms with van der Waals surface area (Å²) in [6.07, 6.45) is -0.0385. The van der Waals surface area contributed by atoms with Gasteiger partial charge in [-0.3, -0.25) is 4.90 Å². The number of aromatic nitrogens is 1. The summed E-state index contributed by atoms with van der Waals surface area (Å²) in [4.78, 5) is 18.8. The first-order chi connectivity index (χ1) is 12.2. The van der Waals surface area contributed by atoms with E-state index in [2.05, 4.69) is 16.4 Å². The molecule has 25 heavy (non-hydrogen) atoms. The predicted molar refractivity (Wildman–Crippen MR) is 89.2 cm³/mol. The van der Waals surface area contributed by atoms with Crippen LogP contribution in [0.1, 0.15) is 6.42 Å². The summed E-state index contributed by atoms with van der Waals surface area (Å²) in [6, 6.07) is 5.45. The van der Waals surface area contributed by atoms with Crippen LogP contribution in [-0.2, 0) is 4.74 Å². The molecule has 0 saturated carbocycles. The van der Waals surface area contributed by atoms with Gasteiger partial charge in [0.1, 0.15) is 24.8 Å². The van der Waals surface area contributed by atoms with Crippen molar-refractivity contribution in [3.8, 4) is 17.6 Å². The maximum atomic E-state index is 12.5. The van der Waals surface area contributed by atoms with Crippen molar-refractivity contribution < 1.29 is 19.0 Å². The zero-order valence-electron chi connectivity index (χ0n) is 13.1. The molecule has 5 rings (SSSR count). The SMILES string of the molecule is N#CC1C[C@@H]2C(CO1)NC(=O)N2c1nc2c3c(ccc2s1)OCCO3. The topological polar surface area (TPSA) is 96.7 Å². The highest BCUT2D eigenvalue weighted by Gasteiger charge is 2.46. The molecule has 2 fully saturated rings. The van der Waals surface area contributed by atoms with Gasteiger partial charge >= 0.3 is 6.03 Å². The average molecular weight is 358 g/mol. The lowest BCUT2D eigenvalue weighted by Gasteiger charge is -2.30. The summed E-state index contributed by atoms with van der Waals surface area (Å²) in [6.45, 7) is 1.33. The summed E-state index contributed by atoms with van der Waals surface area (Å²) >= 11 is 1.43. The fraction of sp³-hybridized carbons (Fsp3) is 0.438. The van der Waals surface area contributed by atoms with Crippen molar-refractivity contribution >= 4 is 32.7 Å². The second-order valence-electron chi connectivity index (χ2n) is 6.11. The van der Waals surface area contributed by atoms with Crippen molar-refractivity contribution in [3.05, 3.63) is 12.1 Å². The lowest BCUT2D eigenvalue weighted by molar-refractivity contribution is 0.0299. The number of thiazole rings is 1. The van der Waals surface area contributed by atoms with E-state index in [0.717, 1.165) is 4.70 Å². The lowest BCUT2D eigenvalue weighted by atomic mass is 10.00. The molecule has 0 spiro atoms. The van der Waals surface area contributed by atoms with E-state index in [1.54, 1.807) is 4.90 Å². The molecule has 3 aliphatic heterocycles. The maximum absolute atomic E-state index is 12.5. The summed E-state index contributed by atoms with van der Waals surface area (Å²) < 4.78 is 17.7. The summed E-state index contributed by atoms with van der Waals surface area (Å²) in [7, 11) is 0. The molecule has 8 nitrogen and oxygen atoms in total. The highest BCUT2D eigenvalue weighted by Crippen LogP contribution is 2.42. The van der Waals surface area contributed by atoms with Crippen molar-refractivity contribution in [2.45, 2.75) is 24.6 Å². The van der Waals surface area contributed by atoms with Crippen LogP contribution in [0, 0.1) is 11.3 Å². The van der Waals surface area contributed by atoms with Crippen molar-refractivity contribution in [1.29, 1.82) is 5.26 Å². The summed E-state index contributed by atoms with van der Waals surface area (Å²) in [5, 5.41) is 12.7. The fourth-order valence-corrected chi connectivity index (χ4v) is 4.52. The monoisotopic (exact) mass is 358 g/mol. The number of hydrogen-bond acceptors (Lipinski definition) is 7. The van der Waals surface area contributed by atoms with Crippen LogP contribution in [0.3, 0.4) is 0 Å². The Morgan fingerprint density at radius 3 is 3.12 bits per heavy atom. The van der Waals surface area contributed by atoms with Crippen LogP contribution in [0.4, 0.5) is 9.93 Å². The number of hydrogen-bond donors (Lipinski definition) is 1. The summed E-state index contributed by atoms with van der Waals surface area (Å²) in [5.74, 6) is 1.30. The van der Waals surface area contributed by atoms with Crippen LogP contribution in [-0.4, -0.2) is 49.0 Å². The first-order valence-corrected chi connectivity index (χ1v) is 8.86. The average Bonchev–Trinajstić information content (AvgIpc) is 3.20. The predicted octanol–water partition coefficient (Wildman–Crippen LogP) is 1.65. The number of amides is 2. The molecule has 1 N–H and O–H groups in total. The van der Waals surface area contributed by atoms with Crippen LogP contribution in [0.15, 0.2) is 12.1 Å². The van der Waals surface area contributed by atoms with Gasteiger partial charge in [-0.05, 0) is 12.1 Å². The van der Waals surface area contributed by atoms with E-state index in [0.29, 0.717) is 48.4 Å². The van der Waals surface area contributed by atoms with E-state index in [-0.39, 0.29) is 18.1 Å². The van der Waals surface area contributed by atoms with Gasteiger partial charge in [-0.15, -0.1) is 0 Å². The molecular weight excluding hydrogens is 344 g/mol. The molecule has 128 valence electrons. The quantitative estimate of drug-likeness (QED) is 0.832. The minimum Gasteiger partial charge on any atom is -0.486 e. The molecule has 2 unspecified atom stereocenters. The van der Waals surface area contributed by atoms with Crippen LogP contribution in [0.25, 0.3) is 10.2 Å². The lowest BCUT2D eigenvalue weighted by Crippen LogP contribution is -2.47. The molecule has 3 aliphatic rings. The standard InChI is InChI=1S/C16H14N4O4S/c17-6-8-5-10-9(7-24-8)18-15(21)20(10)16-19-13-12(25-16)2-1-11-14(13)23-4-3-22-11/h1-2,8-10H,3-5,7H2,(H,18,21)/t8?,9?,10-/m1/s1. The van der Waals surface area contributed by atoms with E-state index in [1.165, 1.54) is 11.3 Å². The number of anilines is 1. The zero-order chi connectivity index (χ0) is 17.0. The third-order valence-corrected chi connectivity index (χ3v) is 5.68. The number of urea groups is 1. The van der Waals surface area contributed by atoms with Gasteiger partial charge in [0.25, 0.3) is 0 Å². The second kappa shape index (κ2) is 5.47. The van der Waals surface area contributed by atoms with E-state index in [1.807, 2.05) is 12.1 Å². The number of carbonyl (C=O) groups is 1. The zero-order valence-corrected chi connectivity index (χ0v) is 13.9. The van der Waals surface area contributed by atoms with E-state index in [4.69, 9.17) is 19.5 Å². The molecule has 3 atom stereocenters. The van der Waals surface area contributed by atoms with Crippen molar-refractivity contribution in [3.63, 3.8) is 0 Å². The third-order valence-electron chi connectivity index (χ3n) is 4.66. The third kappa shape index (κ3) is 2.22. The van der Waals surface area contributed by atoms with Gasteiger partial charge in [0, 0.05) is 6.42 Å². The largest absolute Gasteiger partial charge is 0.486 e. The van der Waals surface area contributed by atoms with Gasteiger partial charge in [0.2, 0.25) is 0 Å². The van der Waals surface area contributed by atoms with Gasteiger partial charge in [-0.1, -0.05) is 11.3 Å². The first kappa shape index (κ1) is 14.7. The molecule has 0 bridgehead atoms. The van der Waals surface area contributed by atoms with Crippen molar-refractivity contribution in [1.82, 2.24) is 10.3 Å². The summed E-state index contributed by atoms with van der Waals surface area (Å²) in [5.41, 5.74) is 0.706. The van der Waals surface area contributed by atoms with E-state index in [9.17, 15) is 4.79 Å². The molecule has 4 heterocycles. The minimum atomic E-state index is -0.504. The molecule has 2 amide bonds.